The van der Waals surface area contributed by atoms with Crippen molar-refractivity contribution in [1.29, 1.82) is 0 Å². The number of carbonyl (C=O) groups is 2. The first kappa shape index (κ1) is 17.1. The summed E-state index contributed by atoms with van der Waals surface area (Å²) in [6.45, 7) is 9.58. The molecule has 2 heterocycles. The lowest BCUT2D eigenvalue weighted by molar-refractivity contribution is -0.105. The molecule has 1 saturated heterocycles. The number of nitrogens with zero attached hydrogens (tertiary/aromatic N) is 3. The fraction of sp³-hybridized carbons (Fsp3) is 0.562. The molecule has 0 bridgehead atoms. The van der Waals surface area contributed by atoms with Crippen LogP contribution in [0, 0.1) is 0 Å². The molecule has 1 N–H and O–H groups in total. The van der Waals surface area contributed by atoms with E-state index in [1.54, 1.807) is 17.2 Å². The van der Waals surface area contributed by atoms with E-state index in [1.165, 1.54) is 0 Å². The Morgan fingerprint density at radius 2 is 2.13 bits per heavy atom. The Morgan fingerprint density at radius 3 is 2.65 bits per heavy atom. The number of hydrogen-bond acceptors (Lipinski definition) is 5. The normalized spacial score (nSPS) is 18.5. The second-order valence-corrected chi connectivity index (χ2v) is 6.63. The van der Waals surface area contributed by atoms with Crippen molar-refractivity contribution in [2.45, 2.75) is 39.3 Å². The van der Waals surface area contributed by atoms with Gasteiger partial charge >= 0.3 is 6.09 Å². The lowest BCUT2D eigenvalue weighted by Crippen LogP contribution is -2.54. The monoisotopic (exact) mass is 320 g/mol. The number of anilines is 2. The standard InChI is InChI=1S/C16H24N4O3/c1-12-10-19(15(22)23-16(2,3)4)7-8-20(12)13-5-6-14(17-9-13)18-11-21/h5-6,9,11-12H,7-8,10H2,1-4H3,(H,17,18,21). The number of ether oxygens (including phenoxy) is 1. The third-order valence-corrected chi connectivity index (χ3v) is 3.57. The Labute approximate surface area is 136 Å². The van der Waals surface area contributed by atoms with Crippen molar-refractivity contribution < 1.29 is 14.3 Å². The number of pyridine rings is 1. The van der Waals surface area contributed by atoms with Gasteiger partial charge in [-0.05, 0) is 39.8 Å². The van der Waals surface area contributed by atoms with Gasteiger partial charge < -0.3 is 19.9 Å². The van der Waals surface area contributed by atoms with E-state index in [4.69, 9.17) is 4.74 Å². The van der Waals surface area contributed by atoms with Gasteiger partial charge in [-0.25, -0.2) is 9.78 Å². The molecule has 7 heteroatoms. The van der Waals surface area contributed by atoms with Crippen LogP contribution in [0.2, 0.25) is 0 Å². The summed E-state index contributed by atoms with van der Waals surface area (Å²) in [4.78, 5) is 30.7. The minimum atomic E-state index is -0.483. The van der Waals surface area contributed by atoms with Crippen molar-refractivity contribution in [1.82, 2.24) is 9.88 Å². The van der Waals surface area contributed by atoms with Crippen molar-refractivity contribution in [3.63, 3.8) is 0 Å². The summed E-state index contributed by atoms with van der Waals surface area (Å²) in [6.07, 6.45) is 2.06. The Hall–Kier alpha value is -2.31. The van der Waals surface area contributed by atoms with Crippen molar-refractivity contribution in [2.75, 3.05) is 29.9 Å². The number of carbonyl (C=O) groups excluding carboxylic acids is 2. The molecule has 1 unspecified atom stereocenters. The highest BCUT2D eigenvalue weighted by molar-refractivity contribution is 5.70. The molecule has 126 valence electrons. The predicted octanol–water partition coefficient (Wildman–Crippen LogP) is 2.10. The number of hydrogen-bond donors (Lipinski definition) is 1. The molecule has 1 fully saturated rings. The quantitative estimate of drug-likeness (QED) is 0.863. The SMILES string of the molecule is CC1CN(C(=O)OC(C)(C)C)CCN1c1ccc(NC=O)nc1. The van der Waals surface area contributed by atoms with Gasteiger partial charge in [0.2, 0.25) is 6.41 Å². The number of nitrogens with one attached hydrogen (secondary N) is 1. The number of piperazine rings is 1. The van der Waals surface area contributed by atoms with Crippen molar-refractivity contribution in [3.05, 3.63) is 18.3 Å². The Balaban J connectivity index is 1.98. The zero-order valence-electron chi connectivity index (χ0n) is 14.1. The van der Waals surface area contributed by atoms with Crippen LogP contribution in [0.5, 0.6) is 0 Å². The van der Waals surface area contributed by atoms with E-state index in [0.717, 1.165) is 5.69 Å². The first-order chi connectivity index (χ1) is 10.8. The highest BCUT2D eigenvalue weighted by Gasteiger charge is 2.29. The summed E-state index contributed by atoms with van der Waals surface area (Å²) in [5.41, 5.74) is 0.487. The molecule has 1 aromatic rings. The van der Waals surface area contributed by atoms with Crippen molar-refractivity contribution in [3.8, 4) is 0 Å². The predicted molar refractivity (Wildman–Crippen MR) is 88.5 cm³/mol. The summed E-state index contributed by atoms with van der Waals surface area (Å²) in [6, 6.07) is 3.83. The number of rotatable bonds is 3. The van der Waals surface area contributed by atoms with Gasteiger partial charge in [0, 0.05) is 25.7 Å². The number of aromatic nitrogens is 1. The van der Waals surface area contributed by atoms with Gasteiger partial charge in [-0.1, -0.05) is 0 Å². The average Bonchev–Trinajstić information content (AvgIpc) is 2.47. The fourth-order valence-corrected chi connectivity index (χ4v) is 2.54. The zero-order valence-corrected chi connectivity index (χ0v) is 14.1. The summed E-state index contributed by atoms with van der Waals surface area (Å²) < 4.78 is 5.42. The molecule has 0 saturated carbocycles. The van der Waals surface area contributed by atoms with E-state index >= 15 is 0 Å². The highest BCUT2D eigenvalue weighted by atomic mass is 16.6. The lowest BCUT2D eigenvalue weighted by atomic mass is 10.1. The van der Waals surface area contributed by atoms with E-state index < -0.39 is 5.60 Å². The van der Waals surface area contributed by atoms with E-state index in [0.29, 0.717) is 31.9 Å². The van der Waals surface area contributed by atoms with Gasteiger partial charge in [0.1, 0.15) is 11.4 Å². The van der Waals surface area contributed by atoms with Crippen LogP contribution in [-0.4, -0.2) is 53.7 Å². The topological polar surface area (TPSA) is 74.8 Å². The van der Waals surface area contributed by atoms with Crippen molar-refractivity contribution >= 4 is 24.0 Å². The molecule has 1 aliphatic heterocycles. The minimum absolute atomic E-state index is 0.156. The zero-order chi connectivity index (χ0) is 17.0. The fourth-order valence-electron chi connectivity index (χ4n) is 2.54. The van der Waals surface area contributed by atoms with Crippen molar-refractivity contribution in [2.24, 2.45) is 0 Å². The maximum Gasteiger partial charge on any atom is 0.410 e. The number of amides is 2. The van der Waals surface area contributed by atoms with Crippen LogP contribution in [0.25, 0.3) is 0 Å². The van der Waals surface area contributed by atoms with Crippen LogP contribution in [0.1, 0.15) is 27.7 Å². The molecule has 23 heavy (non-hydrogen) atoms. The second-order valence-electron chi connectivity index (χ2n) is 6.63. The van der Waals surface area contributed by atoms with Crippen LogP contribution in [0.15, 0.2) is 18.3 Å². The van der Waals surface area contributed by atoms with E-state index in [2.05, 4.69) is 22.1 Å². The Bertz CT molecular complexity index is 553. The van der Waals surface area contributed by atoms with Crippen LogP contribution in [-0.2, 0) is 9.53 Å². The minimum Gasteiger partial charge on any atom is -0.444 e. The first-order valence-electron chi connectivity index (χ1n) is 7.71. The molecule has 7 nitrogen and oxygen atoms in total. The molecule has 2 rings (SSSR count). The lowest BCUT2D eigenvalue weighted by Gasteiger charge is -2.41. The van der Waals surface area contributed by atoms with Gasteiger partial charge in [0.05, 0.1) is 11.9 Å². The van der Waals surface area contributed by atoms with Gasteiger partial charge in [-0.3, -0.25) is 4.79 Å². The molecule has 0 radical (unpaired) electrons. The molecule has 1 atom stereocenters. The Kier molecular flexibility index (Phi) is 5.08. The van der Waals surface area contributed by atoms with E-state index in [-0.39, 0.29) is 12.1 Å². The smallest absolute Gasteiger partial charge is 0.410 e. The second kappa shape index (κ2) is 6.85. The van der Waals surface area contributed by atoms with Gasteiger partial charge in [-0.15, -0.1) is 0 Å². The molecule has 2 amide bonds. The molecule has 1 aliphatic rings. The maximum atomic E-state index is 12.2. The average molecular weight is 320 g/mol. The molecule has 0 aliphatic carbocycles. The van der Waals surface area contributed by atoms with Gasteiger partial charge in [-0.2, -0.15) is 0 Å². The Morgan fingerprint density at radius 1 is 1.39 bits per heavy atom. The molecular weight excluding hydrogens is 296 g/mol. The summed E-state index contributed by atoms with van der Waals surface area (Å²) in [7, 11) is 0. The maximum absolute atomic E-state index is 12.2. The summed E-state index contributed by atoms with van der Waals surface area (Å²) >= 11 is 0. The molecule has 0 spiro atoms. The van der Waals surface area contributed by atoms with Crippen LogP contribution in [0.4, 0.5) is 16.3 Å². The van der Waals surface area contributed by atoms with Crippen LogP contribution < -0.4 is 10.2 Å². The van der Waals surface area contributed by atoms with Crippen LogP contribution >= 0.6 is 0 Å². The summed E-state index contributed by atoms with van der Waals surface area (Å²) in [5.74, 6) is 0.517. The highest BCUT2D eigenvalue weighted by Crippen LogP contribution is 2.22. The van der Waals surface area contributed by atoms with E-state index in [1.807, 2.05) is 26.8 Å². The van der Waals surface area contributed by atoms with Gasteiger partial charge in [0.25, 0.3) is 0 Å². The molecule has 1 aromatic heterocycles. The third-order valence-electron chi connectivity index (χ3n) is 3.57. The molecule has 0 aromatic carbocycles. The van der Waals surface area contributed by atoms with E-state index in [9.17, 15) is 9.59 Å². The van der Waals surface area contributed by atoms with Crippen LogP contribution in [0.3, 0.4) is 0 Å². The van der Waals surface area contributed by atoms with Gasteiger partial charge in [0.15, 0.2) is 0 Å². The summed E-state index contributed by atoms with van der Waals surface area (Å²) in [5, 5.41) is 2.51. The largest absolute Gasteiger partial charge is 0.444 e. The third kappa shape index (κ3) is 4.58. The molecular formula is C16H24N4O3. The first-order valence-corrected chi connectivity index (χ1v) is 7.71.